The SMILES string of the molecule is Nc1ccccc1-c1nc(CC(=O)N2CCCc3ccccc32)cs1. The summed E-state index contributed by atoms with van der Waals surface area (Å²) in [6, 6.07) is 15.8. The highest BCUT2D eigenvalue weighted by Gasteiger charge is 2.23. The molecule has 1 amide bonds. The number of nitrogens with zero attached hydrogens (tertiary/aromatic N) is 2. The van der Waals surface area contributed by atoms with Gasteiger partial charge in [-0.3, -0.25) is 4.79 Å². The van der Waals surface area contributed by atoms with Crippen molar-refractivity contribution in [2.75, 3.05) is 17.2 Å². The number of thiazole rings is 1. The van der Waals surface area contributed by atoms with E-state index >= 15 is 0 Å². The minimum absolute atomic E-state index is 0.102. The van der Waals surface area contributed by atoms with Gasteiger partial charge in [0.15, 0.2) is 0 Å². The van der Waals surface area contributed by atoms with Gasteiger partial charge < -0.3 is 10.6 Å². The van der Waals surface area contributed by atoms with Gasteiger partial charge in [0.05, 0.1) is 12.1 Å². The predicted molar refractivity (Wildman–Crippen MR) is 103 cm³/mol. The van der Waals surface area contributed by atoms with E-state index in [1.165, 1.54) is 16.9 Å². The summed E-state index contributed by atoms with van der Waals surface area (Å²) in [4.78, 5) is 19.3. The van der Waals surface area contributed by atoms with E-state index < -0.39 is 0 Å². The zero-order valence-electron chi connectivity index (χ0n) is 13.8. The molecule has 0 spiro atoms. The number of rotatable bonds is 3. The molecule has 0 unspecified atom stereocenters. The summed E-state index contributed by atoms with van der Waals surface area (Å²) >= 11 is 1.53. The van der Waals surface area contributed by atoms with Gasteiger partial charge in [0.2, 0.25) is 5.91 Å². The monoisotopic (exact) mass is 349 g/mol. The molecule has 0 fully saturated rings. The summed E-state index contributed by atoms with van der Waals surface area (Å²) < 4.78 is 0. The van der Waals surface area contributed by atoms with Crippen LogP contribution in [0.2, 0.25) is 0 Å². The number of carbonyl (C=O) groups excluding carboxylic acids is 1. The van der Waals surface area contributed by atoms with Crippen molar-refractivity contribution in [3.63, 3.8) is 0 Å². The third-order valence-electron chi connectivity index (χ3n) is 4.49. The molecule has 4 nitrogen and oxygen atoms in total. The second kappa shape index (κ2) is 6.69. The number of carbonyl (C=O) groups is 1. The van der Waals surface area contributed by atoms with E-state index in [2.05, 4.69) is 11.1 Å². The van der Waals surface area contributed by atoms with Crippen LogP contribution < -0.4 is 10.6 Å². The molecule has 5 heteroatoms. The van der Waals surface area contributed by atoms with Gasteiger partial charge in [-0.25, -0.2) is 4.98 Å². The van der Waals surface area contributed by atoms with Crippen molar-refractivity contribution in [2.24, 2.45) is 0 Å². The molecule has 2 N–H and O–H groups in total. The van der Waals surface area contributed by atoms with Gasteiger partial charge in [0, 0.05) is 28.9 Å². The molecule has 0 radical (unpaired) electrons. The van der Waals surface area contributed by atoms with Crippen LogP contribution in [0.1, 0.15) is 17.7 Å². The van der Waals surface area contributed by atoms with Gasteiger partial charge in [-0.2, -0.15) is 0 Å². The van der Waals surface area contributed by atoms with E-state index in [0.29, 0.717) is 12.1 Å². The number of hydrogen-bond donors (Lipinski definition) is 1. The molecular weight excluding hydrogens is 330 g/mol. The molecule has 0 atom stereocenters. The third kappa shape index (κ3) is 3.15. The zero-order chi connectivity index (χ0) is 17.2. The smallest absolute Gasteiger partial charge is 0.233 e. The summed E-state index contributed by atoms with van der Waals surface area (Å²) in [5, 5.41) is 2.81. The van der Waals surface area contributed by atoms with E-state index in [9.17, 15) is 4.79 Å². The number of amides is 1. The Hall–Kier alpha value is -2.66. The van der Waals surface area contributed by atoms with Gasteiger partial charge in [-0.05, 0) is 36.6 Å². The summed E-state index contributed by atoms with van der Waals surface area (Å²) in [5.74, 6) is 0.102. The first-order chi connectivity index (χ1) is 12.2. The minimum Gasteiger partial charge on any atom is -0.398 e. The molecule has 126 valence electrons. The van der Waals surface area contributed by atoms with Crippen molar-refractivity contribution in [1.82, 2.24) is 4.98 Å². The van der Waals surface area contributed by atoms with Crippen molar-refractivity contribution in [1.29, 1.82) is 0 Å². The van der Waals surface area contributed by atoms with Crippen LogP contribution in [0.5, 0.6) is 0 Å². The van der Waals surface area contributed by atoms with Gasteiger partial charge >= 0.3 is 0 Å². The number of aromatic nitrogens is 1. The molecule has 1 aliphatic heterocycles. The molecule has 2 aromatic carbocycles. The van der Waals surface area contributed by atoms with Gasteiger partial charge in [0.1, 0.15) is 5.01 Å². The van der Waals surface area contributed by atoms with Crippen LogP contribution in [-0.4, -0.2) is 17.4 Å². The first-order valence-corrected chi connectivity index (χ1v) is 9.28. The van der Waals surface area contributed by atoms with Crippen molar-refractivity contribution in [3.05, 3.63) is 65.2 Å². The van der Waals surface area contributed by atoms with Crippen LogP contribution in [-0.2, 0) is 17.6 Å². The molecule has 0 saturated heterocycles. The largest absolute Gasteiger partial charge is 0.398 e. The topological polar surface area (TPSA) is 59.2 Å². The quantitative estimate of drug-likeness (QED) is 0.729. The van der Waals surface area contributed by atoms with Crippen LogP contribution >= 0.6 is 11.3 Å². The highest BCUT2D eigenvalue weighted by molar-refractivity contribution is 7.13. The predicted octanol–water partition coefficient (Wildman–Crippen LogP) is 3.91. The first kappa shape index (κ1) is 15.8. The zero-order valence-corrected chi connectivity index (χ0v) is 14.6. The fourth-order valence-corrected chi connectivity index (χ4v) is 4.11. The number of anilines is 2. The van der Waals surface area contributed by atoms with Crippen molar-refractivity contribution in [2.45, 2.75) is 19.3 Å². The number of para-hydroxylation sites is 2. The number of nitrogens with two attached hydrogens (primary N) is 1. The highest BCUT2D eigenvalue weighted by atomic mass is 32.1. The molecule has 0 bridgehead atoms. The van der Waals surface area contributed by atoms with E-state index in [0.717, 1.165) is 41.3 Å². The average Bonchev–Trinajstić information content (AvgIpc) is 3.09. The van der Waals surface area contributed by atoms with E-state index in [1.807, 2.05) is 52.7 Å². The summed E-state index contributed by atoms with van der Waals surface area (Å²) in [6.07, 6.45) is 2.36. The Morgan fingerprint density at radius 2 is 1.96 bits per heavy atom. The Balaban J connectivity index is 1.54. The number of aryl methyl sites for hydroxylation is 1. The first-order valence-electron chi connectivity index (χ1n) is 8.40. The number of hydrogen-bond acceptors (Lipinski definition) is 4. The highest BCUT2D eigenvalue weighted by Crippen LogP contribution is 2.30. The van der Waals surface area contributed by atoms with Crippen molar-refractivity contribution < 1.29 is 4.79 Å². The fourth-order valence-electron chi connectivity index (χ4n) is 3.25. The second-order valence-corrected chi connectivity index (χ2v) is 7.04. The Kier molecular flexibility index (Phi) is 4.24. The van der Waals surface area contributed by atoms with Crippen LogP contribution in [0.25, 0.3) is 10.6 Å². The summed E-state index contributed by atoms with van der Waals surface area (Å²) in [6.45, 7) is 0.776. The third-order valence-corrected chi connectivity index (χ3v) is 5.41. The van der Waals surface area contributed by atoms with Gasteiger partial charge in [0.25, 0.3) is 0 Å². The fraction of sp³-hybridized carbons (Fsp3) is 0.200. The standard InChI is InChI=1S/C20H19N3OS/c21-17-9-3-2-8-16(17)20-22-15(13-25-20)12-19(24)23-11-5-7-14-6-1-4-10-18(14)23/h1-4,6,8-10,13H,5,7,11-12,21H2. The number of nitrogen functional groups attached to an aromatic ring is 1. The molecule has 1 aliphatic rings. The molecule has 4 rings (SSSR count). The maximum Gasteiger partial charge on any atom is 0.233 e. The number of benzene rings is 2. The van der Waals surface area contributed by atoms with Crippen molar-refractivity contribution in [3.8, 4) is 10.6 Å². The molecular formula is C20H19N3OS. The lowest BCUT2D eigenvalue weighted by Gasteiger charge is -2.29. The Morgan fingerprint density at radius 3 is 2.84 bits per heavy atom. The van der Waals surface area contributed by atoms with Gasteiger partial charge in [-0.1, -0.05) is 30.3 Å². The van der Waals surface area contributed by atoms with Crippen LogP contribution in [0.4, 0.5) is 11.4 Å². The van der Waals surface area contributed by atoms with E-state index in [-0.39, 0.29) is 5.91 Å². The molecule has 0 aliphatic carbocycles. The Morgan fingerprint density at radius 1 is 1.16 bits per heavy atom. The Labute approximate surface area is 150 Å². The lowest BCUT2D eigenvalue weighted by atomic mass is 10.0. The second-order valence-electron chi connectivity index (χ2n) is 6.19. The summed E-state index contributed by atoms with van der Waals surface area (Å²) in [5.41, 5.74) is 10.8. The molecule has 2 heterocycles. The normalized spacial score (nSPS) is 13.5. The lowest BCUT2D eigenvalue weighted by molar-refractivity contribution is -0.118. The van der Waals surface area contributed by atoms with Crippen LogP contribution in [0, 0.1) is 0 Å². The molecule has 3 aromatic rings. The van der Waals surface area contributed by atoms with Crippen LogP contribution in [0.3, 0.4) is 0 Å². The van der Waals surface area contributed by atoms with E-state index in [1.54, 1.807) is 0 Å². The maximum atomic E-state index is 12.8. The minimum atomic E-state index is 0.102. The Bertz CT molecular complexity index is 919. The van der Waals surface area contributed by atoms with Gasteiger partial charge in [-0.15, -0.1) is 11.3 Å². The van der Waals surface area contributed by atoms with E-state index in [4.69, 9.17) is 5.73 Å². The molecule has 0 saturated carbocycles. The number of fused-ring (bicyclic) bond motifs is 1. The van der Waals surface area contributed by atoms with Crippen LogP contribution in [0.15, 0.2) is 53.9 Å². The lowest BCUT2D eigenvalue weighted by Crippen LogP contribution is -2.36. The maximum absolute atomic E-state index is 12.8. The molecule has 25 heavy (non-hydrogen) atoms. The summed E-state index contributed by atoms with van der Waals surface area (Å²) in [7, 11) is 0. The average molecular weight is 349 g/mol. The van der Waals surface area contributed by atoms with Crippen molar-refractivity contribution >= 4 is 28.6 Å². The molecule has 1 aromatic heterocycles.